The first kappa shape index (κ1) is 16.5. The Kier molecular flexibility index (Phi) is 3.62. The minimum absolute atomic E-state index is 0.0961. The van der Waals surface area contributed by atoms with Gasteiger partial charge >= 0.3 is 5.97 Å². The molecule has 4 nitrogen and oxygen atoms in total. The number of fused-ring (bicyclic) bond motifs is 1. The second-order valence-electron chi connectivity index (χ2n) is 8.54. The summed E-state index contributed by atoms with van der Waals surface area (Å²) in [5.74, 6) is 0.984. The number of carbonyl (C=O) groups excluding carboxylic acids is 2. The molecular formula is C21H21BrO4. The summed E-state index contributed by atoms with van der Waals surface area (Å²) in [6.45, 7) is -0.245. The fourth-order valence-corrected chi connectivity index (χ4v) is 7.32. The van der Waals surface area contributed by atoms with E-state index in [1.165, 1.54) is 6.42 Å². The summed E-state index contributed by atoms with van der Waals surface area (Å²) in [6, 6.07) is 9.19. The number of carbonyl (C=O) groups is 2. The van der Waals surface area contributed by atoms with Crippen LogP contribution >= 0.6 is 15.9 Å². The quantitative estimate of drug-likeness (QED) is 0.404. The SMILES string of the molecule is O=C(COC(=O)C12C[C@H]3C[C@@H](CC(Br)(C3)C1)C2)c1cc2ccccc2o1. The monoisotopic (exact) mass is 416 g/mol. The van der Waals surface area contributed by atoms with Gasteiger partial charge in [-0.3, -0.25) is 9.59 Å². The first-order chi connectivity index (χ1) is 12.4. The van der Waals surface area contributed by atoms with E-state index in [1.54, 1.807) is 6.07 Å². The maximum atomic E-state index is 12.9. The largest absolute Gasteiger partial charge is 0.457 e. The maximum absolute atomic E-state index is 12.9. The number of para-hydroxylation sites is 1. The number of ketones is 1. The molecule has 0 saturated heterocycles. The standard InChI is InChI=1S/C21H21BrO4/c22-21-9-13-5-14(10-21)8-20(7-13,12-21)19(24)25-11-16(23)18-6-15-3-1-2-4-17(15)26-18/h1-4,6,13-14H,5,7-12H2/t13-,14-,20?,21?/m1/s1. The number of rotatable bonds is 4. The van der Waals surface area contributed by atoms with E-state index in [9.17, 15) is 9.59 Å². The summed E-state index contributed by atoms with van der Waals surface area (Å²) in [5, 5.41) is 0.879. The van der Waals surface area contributed by atoms with Crippen LogP contribution < -0.4 is 0 Å². The predicted molar refractivity (Wildman–Crippen MR) is 100 cm³/mol. The highest BCUT2D eigenvalue weighted by atomic mass is 79.9. The van der Waals surface area contributed by atoms with Gasteiger partial charge in [0.1, 0.15) is 5.58 Å². The summed E-state index contributed by atoms with van der Waals surface area (Å²) in [5.41, 5.74) is 0.270. The third-order valence-corrected chi connectivity index (χ3v) is 7.39. The molecule has 0 aliphatic heterocycles. The Morgan fingerprint density at radius 2 is 1.88 bits per heavy atom. The third kappa shape index (κ3) is 2.63. The van der Waals surface area contributed by atoms with E-state index in [0.29, 0.717) is 17.4 Å². The second kappa shape index (κ2) is 5.69. The number of ether oxygens (including phenoxy) is 1. The normalized spacial score (nSPS) is 35.0. The topological polar surface area (TPSA) is 56.5 Å². The summed E-state index contributed by atoms with van der Waals surface area (Å²) in [7, 11) is 0. The van der Waals surface area contributed by atoms with Gasteiger partial charge in [0.25, 0.3) is 0 Å². The van der Waals surface area contributed by atoms with Crippen LogP contribution in [0.4, 0.5) is 0 Å². The van der Waals surface area contributed by atoms with Crippen molar-refractivity contribution in [1.29, 1.82) is 0 Å². The molecule has 1 heterocycles. The summed E-state index contributed by atoms with van der Waals surface area (Å²) in [6.07, 6.45) is 6.22. The molecule has 4 aliphatic rings. The van der Waals surface area contributed by atoms with E-state index in [1.807, 2.05) is 24.3 Å². The van der Waals surface area contributed by atoms with E-state index in [4.69, 9.17) is 9.15 Å². The van der Waals surface area contributed by atoms with Crippen molar-refractivity contribution in [2.75, 3.05) is 6.61 Å². The molecule has 1 aromatic carbocycles. The van der Waals surface area contributed by atoms with Crippen LogP contribution in [-0.2, 0) is 9.53 Å². The first-order valence-electron chi connectivity index (χ1n) is 9.33. The third-order valence-electron chi connectivity index (χ3n) is 6.46. The minimum atomic E-state index is -0.401. The summed E-state index contributed by atoms with van der Waals surface area (Å²) < 4.78 is 11.2. The van der Waals surface area contributed by atoms with Crippen LogP contribution in [0.1, 0.15) is 49.1 Å². The van der Waals surface area contributed by atoms with Gasteiger partial charge in [-0.1, -0.05) is 34.1 Å². The maximum Gasteiger partial charge on any atom is 0.312 e. The van der Waals surface area contributed by atoms with Gasteiger partial charge in [0, 0.05) is 9.71 Å². The molecule has 2 atom stereocenters. The zero-order valence-electron chi connectivity index (χ0n) is 14.5. The smallest absolute Gasteiger partial charge is 0.312 e. The van der Waals surface area contributed by atoms with Crippen LogP contribution in [-0.4, -0.2) is 22.7 Å². The van der Waals surface area contributed by atoms with Crippen molar-refractivity contribution in [3.05, 3.63) is 36.1 Å². The molecule has 26 heavy (non-hydrogen) atoms. The molecule has 5 heteroatoms. The van der Waals surface area contributed by atoms with Crippen LogP contribution in [0.15, 0.2) is 34.7 Å². The highest BCUT2D eigenvalue weighted by Gasteiger charge is 2.60. The lowest BCUT2D eigenvalue weighted by Gasteiger charge is -2.58. The van der Waals surface area contributed by atoms with Gasteiger partial charge in [-0.25, -0.2) is 0 Å². The van der Waals surface area contributed by atoms with Crippen LogP contribution in [0, 0.1) is 17.3 Å². The zero-order chi connectivity index (χ0) is 17.9. The molecule has 6 rings (SSSR count). The summed E-state index contributed by atoms with van der Waals surface area (Å²) in [4.78, 5) is 25.3. The lowest BCUT2D eigenvalue weighted by molar-refractivity contribution is -0.168. The van der Waals surface area contributed by atoms with Crippen LogP contribution in [0.25, 0.3) is 11.0 Å². The average molecular weight is 417 g/mol. The lowest BCUT2D eigenvalue weighted by Crippen LogP contribution is -2.56. The van der Waals surface area contributed by atoms with Crippen LogP contribution in [0.3, 0.4) is 0 Å². The predicted octanol–water partition coefficient (Wildman–Crippen LogP) is 4.89. The lowest BCUT2D eigenvalue weighted by atomic mass is 9.49. The van der Waals surface area contributed by atoms with Gasteiger partial charge in [0.15, 0.2) is 12.4 Å². The minimum Gasteiger partial charge on any atom is -0.457 e. The number of hydrogen-bond acceptors (Lipinski definition) is 4. The number of hydrogen-bond donors (Lipinski definition) is 0. The van der Waals surface area contributed by atoms with Gasteiger partial charge < -0.3 is 9.15 Å². The number of furan rings is 1. The Balaban J connectivity index is 1.29. The molecule has 4 saturated carbocycles. The van der Waals surface area contributed by atoms with Gasteiger partial charge in [0.2, 0.25) is 5.78 Å². The number of benzene rings is 1. The van der Waals surface area contributed by atoms with E-state index >= 15 is 0 Å². The number of Topliss-reactive ketones (excluding diaryl/α,β-unsaturated/α-hetero) is 1. The molecular weight excluding hydrogens is 396 g/mol. The van der Waals surface area contributed by atoms with E-state index in [-0.39, 0.29) is 28.4 Å². The average Bonchev–Trinajstić information content (AvgIpc) is 3.01. The van der Waals surface area contributed by atoms with Crippen molar-refractivity contribution in [2.45, 2.75) is 42.8 Å². The number of alkyl halides is 1. The number of halogens is 1. The highest BCUT2D eigenvalue weighted by molar-refractivity contribution is 9.10. The van der Waals surface area contributed by atoms with Crippen molar-refractivity contribution < 1.29 is 18.7 Å². The molecule has 4 fully saturated rings. The molecule has 4 aliphatic carbocycles. The van der Waals surface area contributed by atoms with Gasteiger partial charge in [-0.05, 0) is 62.5 Å². The van der Waals surface area contributed by atoms with Crippen LogP contribution in [0.2, 0.25) is 0 Å². The molecule has 2 aromatic rings. The Hall–Kier alpha value is -1.62. The molecule has 0 amide bonds. The highest BCUT2D eigenvalue weighted by Crippen LogP contribution is 2.64. The molecule has 0 unspecified atom stereocenters. The fourth-order valence-electron chi connectivity index (χ4n) is 5.86. The first-order valence-corrected chi connectivity index (χ1v) is 10.1. The molecule has 4 bridgehead atoms. The Labute approximate surface area is 160 Å². The Morgan fingerprint density at radius 1 is 1.15 bits per heavy atom. The molecule has 0 spiro atoms. The molecule has 136 valence electrons. The zero-order valence-corrected chi connectivity index (χ0v) is 16.1. The van der Waals surface area contributed by atoms with Gasteiger partial charge in [-0.2, -0.15) is 0 Å². The number of esters is 1. The second-order valence-corrected chi connectivity index (χ2v) is 10.2. The van der Waals surface area contributed by atoms with Crippen LogP contribution in [0.5, 0.6) is 0 Å². The van der Waals surface area contributed by atoms with Crippen molar-refractivity contribution >= 4 is 38.7 Å². The van der Waals surface area contributed by atoms with Gasteiger partial charge in [-0.15, -0.1) is 0 Å². The van der Waals surface area contributed by atoms with Gasteiger partial charge in [0.05, 0.1) is 5.41 Å². The molecule has 0 radical (unpaired) electrons. The van der Waals surface area contributed by atoms with E-state index < -0.39 is 5.41 Å². The fraction of sp³-hybridized carbons (Fsp3) is 0.524. The van der Waals surface area contributed by atoms with Crippen molar-refractivity contribution in [3.63, 3.8) is 0 Å². The molecule has 1 aromatic heterocycles. The van der Waals surface area contributed by atoms with E-state index in [0.717, 1.165) is 37.5 Å². The van der Waals surface area contributed by atoms with Crippen molar-refractivity contribution in [1.82, 2.24) is 0 Å². The van der Waals surface area contributed by atoms with E-state index in [2.05, 4.69) is 15.9 Å². The van der Waals surface area contributed by atoms with Crippen molar-refractivity contribution in [3.8, 4) is 0 Å². The molecule has 0 N–H and O–H groups in total. The Bertz CT molecular complexity index is 851. The Morgan fingerprint density at radius 3 is 2.58 bits per heavy atom. The van der Waals surface area contributed by atoms with Crippen molar-refractivity contribution in [2.24, 2.45) is 17.3 Å². The summed E-state index contributed by atoms with van der Waals surface area (Å²) >= 11 is 3.91.